The first-order chi connectivity index (χ1) is 3.13. The van der Waals surface area contributed by atoms with Gasteiger partial charge in [-0.25, -0.2) is 0 Å². The second-order valence-electron chi connectivity index (χ2n) is 1.58. The Bertz CT molecular complexity index is 86.6. The van der Waals surface area contributed by atoms with Crippen molar-refractivity contribution in [1.29, 1.82) is 0 Å². The number of rotatable bonds is 2. The van der Waals surface area contributed by atoms with Gasteiger partial charge in [-0.3, -0.25) is 9.59 Å². The summed E-state index contributed by atoms with van der Waals surface area (Å²) in [5.41, 5.74) is 0. The SMILES string of the molecule is CC(=O)CC(C)=O.[Zn]. The Morgan fingerprint density at radius 1 is 1.12 bits per heavy atom. The van der Waals surface area contributed by atoms with Crippen molar-refractivity contribution in [1.82, 2.24) is 0 Å². The molecule has 8 heavy (non-hydrogen) atoms. The van der Waals surface area contributed by atoms with E-state index in [9.17, 15) is 9.59 Å². The number of Topliss-reactive ketones (excluding diaryl/α,β-unsaturated/α-hetero) is 2. The maximum Gasteiger partial charge on any atom is 0.137 e. The van der Waals surface area contributed by atoms with Crippen LogP contribution in [0.1, 0.15) is 20.3 Å². The van der Waals surface area contributed by atoms with Gasteiger partial charge in [0.2, 0.25) is 0 Å². The Morgan fingerprint density at radius 2 is 1.38 bits per heavy atom. The van der Waals surface area contributed by atoms with Crippen LogP contribution in [-0.4, -0.2) is 11.6 Å². The fourth-order valence-electron chi connectivity index (χ4n) is 0.351. The van der Waals surface area contributed by atoms with E-state index >= 15 is 0 Å². The zero-order valence-corrected chi connectivity index (χ0v) is 8.20. The van der Waals surface area contributed by atoms with Crippen molar-refractivity contribution in [3.05, 3.63) is 0 Å². The van der Waals surface area contributed by atoms with Crippen LogP contribution in [0.3, 0.4) is 0 Å². The van der Waals surface area contributed by atoms with Crippen LogP contribution in [0.25, 0.3) is 0 Å². The maximum atomic E-state index is 10.0. The molecule has 0 heterocycles. The van der Waals surface area contributed by atoms with E-state index in [4.69, 9.17) is 0 Å². The molecule has 0 atom stereocenters. The Hall–Kier alpha value is -0.0366. The molecule has 42 valence electrons. The van der Waals surface area contributed by atoms with Crippen molar-refractivity contribution in [3.63, 3.8) is 0 Å². The molecule has 0 saturated carbocycles. The molecular formula is C5H8O2Zn. The molecule has 0 aliphatic heterocycles. The second-order valence-corrected chi connectivity index (χ2v) is 1.58. The third-order valence-corrected chi connectivity index (χ3v) is 0.498. The van der Waals surface area contributed by atoms with Gasteiger partial charge in [0.15, 0.2) is 0 Å². The summed E-state index contributed by atoms with van der Waals surface area (Å²) in [5.74, 6) is -0.125. The van der Waals surface area contributed by atoms with Crippen molar-refractivity contribution in [3.8, 4) is 0 Å². The van der Waals surface area contributed by atoms with Crippen LogP contribution >= 0.6 is 0 Å². The number of hydrogen-bond donors (Lipinski definition) is 0. The van der Waals surface area contributed by atoms with E-state index in [1.54, 1.807) is 0 Å². The van der Waals surface area contributed by atoms with Crippen molar-refractivity contribution in [2.75, 3.05) is 0 Å². The van der Waals surface area contributed by atoms with Crippen LogP contribution in [0.2, 0.25) is 0 Å². The molecule has 0 aromatic heterocycles. The second kappa shape index (κ2) is 5.11. The van der Waals surface area contributed by atoms with E-state index in [2.05, 4.69) is 0 Å². The molecule has 0 rings (SSSR count). The van der Waals surface area contributed by atoms with Gasteiger partial charge < -0.3 is 0 Å². The van der Waals surface area contributed by atoms with Crippen LogP contribution in [0.5, 0.6) is 0 Å². The van der Waals surface area contributed by atoms with E-state index in [-0.39, 0.29) is 37.5 Å². The first-order valence-corrected chi connectivity index (χ1v) is 2.12. The summed E-state index contributed by atoms with van der Waals surface area (Å²) in [6.45, 7) is 2.81. The van der Waals surface area contributed by atoms with Gasteiger partial charge in [-0.05, 0) is 13.8 Å². The quantitative estimate of drug-likeness (QED) is 0.442. The van der Waals surface area contributed by atoms with Gasteiger partial charge in [0, 0.05) is 19.5 Å². The van der Waals surface area contributed by atoms with E-state index < -0.39 is 0 Å². The Kier molecular flexibility index (Phi) is 6.93. The van der Waals surface area contributed by atoms with Gasteiger partial charge in [0.05, 0.1) is 6.42 Å². The third kappa shape index (κ3) is 9.35. The molecule has 0 fully saturated rings. The number of carbonyl (C=O) groups excluding carboxylic acids is 2. The van der Waals surface area contributed by atoms with Crippen LogP contribution in [-0.2, 0) is 29.1 Å². The third-order valence-electron chi connectivity index (χ3n) is 0.498. The fraction of sp³-hybridized carbons (Fsp3) is 0.600. The molecule has 0 aromatic rings. The molecule has 0 radical (unpaired) electrons. The molecule has 0 unspecified atom stereocenters. The number of hydrogen-bond acceptors (Lipinski definition) is 2. The molecular weight excluding hydrogens is 157 g/mol. The largest absolute Gasteiger partial charge is 0.300 e. The van der Waals surface area contributed by atoms with Crippen LogP contribution in [0, 0.1) is 0 Å². The van der Waals surface area contributed by atoms with Crippen LogP contribution < -0.4 is 0 Å². The van der Waals surface area contributed by atoms with Crippen LogP contribution in [0.15, 0.2) is 0 Å². The summed E-state index contributed by atoms with van der Waals surface area (Å²) in [5, 5.41) is 0. The van der Waals surface area contributed by atoms with Crippen molar-refractivity contribution >= 4 is 11.6 Å². The summed E-state index contributed by atoms with van der Waals surface area (Å²) in [7, 11) is 0. The normalized spacial score (nSPS) is 7.25. The molecule has 3 heteroatoms. The molecule has 0 aliphatic carbocycles. The molecule has 0 amide bonds. The Morgan fingerprint density at radius 3 is 1.38 bits per heavy atom. The smallest absolute Gasteiger partial charge is 0.137 e. The first-order valence-electron chi connectivity index (χ1n) is 2.12. The van der Waals surface area contributed by atoms with Gasteiger partial charge in [0.1, 0.15) is 11.6 Å². The van der Waals surface area contributed by atoms with Crippen molar-refractivity contribution in [2.45, 2.75) is 20.3 Å². The average molecular weight is 166 g/mol. The van der Waals surface area contributed by atoms with E-state index in [0.29, 0.717) is 0 Å². The molecule has 0 aliphatic rings. The molecule has 0 N–H and O–H groups in total. The maximum absolute atomic E-state index is 10.0. The first kappa shape index (κ1) is 10.9. The van der Waals surface area contributed by atoms with E-state index in [0.717, 1.165) is 0 Å². The van der Waals surface area contributed by atoms with Gasteiger partial charge in [-0.1, -0.05) is 0 Å². The molecule has 0 aromatic carbocycles. The van der Waals surface area contributed by atoms with Gasteiger partial charge in [0.25, 0.3) is 0 Å². The van der Waals surface area contributed by atoms with Crippen molar-refractivity contribution < 1.29 is 29.1 Å². The molecule has 0 saturated heterocycles. The minimum absolute atomic E-state index is 0. The zero-order chi connectivity index (χ0) is 5.86. The summed E-state index contributed by atoms with van der Waals surface area (Å²) in [6.07, 6.45) is 0.0833. The monoisotopic (exact) mass is 164 g/mol. The summed E-state index contributed by atoms with van der Waals surface area (Å²) in [6, 6.07) is 0. The van der Waals surface area contributed by atoms with Crippen LogP contribution in [0.4, 0.5) is 0 Å². The topological polar surface area (TPSA) is 34.1 Å². The fourth-order valence-corrected chi connectivity index (χ4v) is 0.351. The predicted molar refractivity (Wildman–Crippen MR) is 26.0 cm³/mol. The van der Waals surface area contributed by atoms with Gasteiger partial charge in [-0.2, -0.15) is 0 Å². The summed E-state index contributed by atoms with van der Waals surface area (Å²) >= 11 is 0. The number of carbonyl (C=O) groups is 2. The molecule has 0 spiro atoms. The standard InChI is InChI=1S/C5H8O2.Zn/c1-4(6)3-5(2)7;/h3H2,1-2H3;. The number of ketones is 2. The average Bonchev–Trinajstić information content (AvgIpc) is 1.27. The minimum Gasteiger partial charge on any atom is -0.300 e. The Labute approximate surface area is 61.4 Å². The Balaban J connectivity index is 0. The van der Waals surface area contributed by atoms with Gasteiger partial charge in [-0.15, -0.1) is 0 Å². The predicted octanol–water partition coefficient (Wildman–Crippen LogP) is 0.552. The molecule has 0 bridgehead atoms. The summed E-state index contributed by atoms with van der Waals surface area (Å²) < 4.78 is 0. The molecule has 2 nitrogen and oxygen atoms in total. The van der Waals surface area contributed by atoms with Gasteiger partial charge >= 0.3 is 0 Å². The summed E-state index contributed by atoms with van der Waals surface area (Å²) in [4.78, 5) is 20.1. The zero-order valence-electron chi connectivity index (χ0n) is 5.23. The van der Waals surface area contributed by atoms with Crippen molar-refractivity contribution in [2.24, 2.45) is 0 Å². The minimum atomic E-state index is -0.0625. The van der Waals surface area contributed by atoms with E-state index in [1.807, 2.05) is 0 Å². The van der Waals surface area contributed by atoms with E-state index in [1.165, 1.54) is 13.8 Å².